The molecule has 0 aliphatic rings. The normalized spacial score (nSPS) is 11.6. The van der Waals surface area contributed by atoms with Crippen molar-refractivity contribution in [1.82, 2.24) is 9.62 Å². The van der Waals surface area contributed by atoms with Crippen molar-refractivity contribution in [3.05, 3.63) is 29.6 Å². The van der Waals surface area contributed by atoms with E-state index in [-0.39, 0.29) is 23.5 Å². The van der Waals surface area contributed by atoms with Crippen molar-refractivity contribution in [1.29, 1.82) is 0 Å². The Bertz CT molecular complexity index is 575. The van der Waals surface area contributed by atoms with E-state index in [0.29, 0.717) is 0 Å². The average Bonchev–Trinajstić information content (AvgIpc) is 2.38. The second-order valence-corrected chi connectivity index (χ2v) is 5.94. The van der Waals surface area contributed by atoms with Crippen molar-refractivity contribution in [2.24, 2.45) is 5.73 Å². The number of hydrogen-bond donors (Lipinski definition) is 2. The molecule has 0 aromatic heterocycles. The zero-order chi connectivity index (χ0) is 14.6. The molecule has 0 heterocycles. The van der Waals surface area contributed by atoms with Crippen LogP contribution in [0, 0.1) is 5.82 Å². The van der Waals surface area contributed by atoms with E-state index in [0.717, 1.165) is 16.4 Å². The van der Waals surface area contributed by atoms with E-state index < -0.39 is 21.7 Å². The quantitative estimate of drug-likeness (QED) is 0.775. The van der Waals surface area contributed by atoms with Gasteiger partial charge in [0.1, 0.15) is 5.82 Å². The van der Waals surface area contributed by atoms with Gasteiger partial charge in [0.2, 0.25) is 15.9 Å². The summed E-state index contributed by atoms with van der Waals surface area (Å²) in [6, 6.07) is 3.36. The molecule has 0 atom stereocenters. The number of nitrogens with zero attached hydrogens (tertiary/aromatic N) is 1. The number of carbonyl (C=O) groups is 1. The molecule has 0 bridgehead atoms. The lowest BCUT2D eigenvalue weighted by molar-refractivity contribution is -0.120. The predicted octanol–water partition coefficient (Wildman–Crippen LogP) is -0.349. The Morgan fingerprint density at radius 2 is 2.11 bits per heavy atom. The first-order chi connectivity index (χ1) is 8.82. The van der Waals surface area contributed by atoms with E-state index in [1.165, 1.54) is 20.2 Å². The predicted molar refractivity (Wildman–Crippen MR) is 68.2 cm³/mol. The molecule has 0 saturated carbocycles. The molecule has 1 aromatic rings. The standard InChI is InChI=1S/C11H16FN3O3S/c1-14-11(16)7-15(2)19(17,18)9-3-4-10(12)8(5-9)6-13/h3-5H,6-7,13H2,1-2H3,(H,14,16). The summed E-state index contributed by atoms with van der Waals surface area (Å²) in [4.78, 5) is 11.1. The average molecular weight is 289 g/mol. The number of benzene rings is 1. The van der Waals surface area contributed by atoms with Crippen LogP contribution in [-0.4, -0.2) is 39.3 Å². The summed E-state index contributed by atoms with van der Waals surface area (Å²) in [6.45, 7) is -0.414. The van der Waals surface area contributed by atoms with Gasteiger partial charge in [0.15, 0.2) is 0 Å². The summed E-state index contributed by atoms with van der Waals surface area (Å²) in [5.74, 6) is -0.998. The van der Waals surface area contributed by atoms with Crippen LogP contribution in [0.5, 0.6) is 0 Å². The largest absolute Gasteiger partial charge is 0.358 e. The highest BCUT2D eigenvalue weighted by Gasteiger charge is 2.23. The number of halogens is 1. The molecule has 0 radical (unpaired) electrons. The minimum absolute atomic E-state index is 0.0965. The molecule has 0 aliphatic heterocycles. The van der Waals surface area contributed by atoms with E-state index in [9.17, 15) is 17.6 Å². The van der Waals surface area contributed by atoms with Crippen LogP contribution < -0.4 is 11.1 Å². The number of rotatable bonds is 5. The van der Waals surface area contributed by atoms with Gasteiger partial charge in [-0.15, -0.1) is 0 Å². The van der Waals surface area contributed by atoms with Crippen molar-refractivity contribution in [2.75, 3.05) is 20.6 Å². The monoisotopic (exact) mass is 289 g/mol. The topological polar surface area (TPSA) is 92.5 Å². The molecule has 0 saturated heterocycles. The number of hydrogen-bond acceptors (Lipinski definition) is 4. The van der Waals surface area contributed by atoms with Crippen LogP contribution in [0.1, 0.15) is 5.56 Å². The third kappa shape index (κ3) is 3.49. The maximum Gasteiger partial charge on any atom is 0.243 e. The van der Waals surface area contributed by atoms with E-state index in [2.05, 4.69) is 5.32 Å². The number of nitrogens with two attached hydrogens (primary N) is 1. The summed E-state index contributed by atoms with van der Waals surface area (Å²) in [5, 5.41) is 2.33. The van der Waals surface area contributed by atoms with Crippen molar-refractivity contribution < 1.29 is 17.6 Å². The van der Waals surface area contributed by atoms with Crippen LogP contribution in [0.15, 0.2) is 23.1 Å². The zero-order valence-electron chi connectivity index (χ0n) is 10.7. The molecule has 3 N–H and O–H groups in total. The zero-order valence-corrected chi connectivity index (χ0v) is 11.5. The maximum atomic E-state index is 13.3. The Kier molecular flexibility index (Phi) is 4.98. The summed E-state index contributed by atoms with van der Waals surface area (Å²) in [7, 11) is -1.16. The summed E-state index contributed by atoms with van der Waals surface area (Å²) >= 11 is 0. The fourth-order valence-electron chi connectivity index (χ4n) is 1.41. The van der Waals surface area contributed by atoms with Gasteiger partial charge in [-0.3, -0.25) is 4.79 Å². The molecule has 8 heteroatoms. The Hall–Kier alpha value is -1.51. The van der Waals surface area contributed by atoms with E-state index in [1.807, 2.05) is 0 Å². The number of nitrogens with one attached hydrogen (secondary N) is 1. The lowest BCUT2D eigenvalue weighted by atomic mass is 10.2. The Morgan fingerprint density at radius 3 is 2.63 bits per heavy atom. The van der Waals surface area contributed by atoms with E-state index in [1.54, 1.807) is 0 Å². The van der Waals surface area contributed by atoms with Gasteiger partial charge < -0.3 is 11.1 Å². The molecule has 1 aromatic carbocycles. The Balaban J connectivity index is 3.09. The van der Waals surface area contributed by atoms with Crippen LogP contribution in [-0.2, 0) is 21.4 Å². The SMILES string of the molecule is CNC(=O)CN(C)S(=O)(=O)c1ccc(F)c(CN)c1. The first-order valence-corrected chi connectivity index (χ1v) is 6.92. The number of amides is 1. The molecule has 106 valence electrons. The molecule has 6 nitrogen and oxygen atoms in total. The van der Waals surface area contributed by atoms with Crippen LogP contribution in [0.2, 0.25) is 0 Å². The van der Waals surface area contributed by atoms with Gasteiger partial charge in [-0.1, -0.05) is 0 Å². The molecular weight excluding hydrogens is 273 g/mol. The van der Waals surface area contributed by atoms with Crippen molar-refractivity contribution >= 4 is 15.9 Å². The van der Waals surface area contributed by atoms with Gasteiger partial charge in [0.05, 0.1) is 11.4 Å². The Labute approximate surface area is 111 Å². The highest BCUT2D eigenvalue weighted by molar-refractivity contribution is 7.89. The molecular formula is C11H16FN3O3S. The number of carbonyl (C=O) groups excluding carboxylic acids is 1. The minimum atomic E-state index is -3.84. The molecule has 0 unspecified atom stereocenters. The molecule has 0 fully saturated rings. The second kappa shape index (κ2) is 6.09. The lowest BCUT2D eigenvalue weighted by Gasteiger charge is -2.16. The van der Waals surface area contributed by atoms with Crippen molar-refractivity contribution in [2.45, 2.75) is 11.4 Å². The van der Waals surface area contributed by atoms with E-state index >= 15 is 0 Å². The van der Waals surface area contributed by atoms with Crippen molar-refractivity contribution in [3.63, 3.8) is 0 Å². The molecule has 19 heavy (non-hydrogen) atoms. The smallest absolute Gasteiger partial charge is 0.243 e. The highest BCUT2D eigenvalue weighted by Crippen LogP contribution is 2.18. The first kappa shape index (κ1) is 15.5. The van der Waals surface area contributed by atoms with Crippen molar-refractivity contribution in [3.8, 4) is 0 Å². The summed E-state index contributed by atoms with van der Waals surface area (Å²) in [5.41, 5.74) is 5.43. The van der Waals surface area contributed by atoms with Gasteiger partial charge in [-0.05, 0) is 18.2 Å². The molecule has 0 spiro atoms. The minimum Gasteiger partial charge on any atom is -0.358 e. The van der Waals surface area contributed by atoms with Gasteiger partial charge in [-0.2, -0.15) is 4.31 Å². The van der Waals surface area contributed by atoms with Gasteiger partial charge in [0, 0.05) is 26.2 Å². The number of sulfonamides is 1. The lowest BCUT2D eigenvalue weighted by Crippen LogP contribution is -2.36. The summed E-state index contributed by atoms with van der Waals surface area (Å²) in [6.07, 6.45) is 0. The fourth-order valence-corrected chi connectivity index (χ4v) is 2.59. The molecule has 1 amide bonds. The fraction of sp³-hybridized carbons (Fsp3) is 0.364. The Morgan fingerprint density at radius 1 is 1.47 bits per heavy atom. The van der Waals surface area contributed by atoms with E-state index in [4.69, 9.17) is 5.73 Å². The molecule has 1 rings (SSSR count). The highest BCUT2D eigenvalue weighted by atomic mass is 32.2. The van der Waals surface area contributed by atoms with Gasteiger partial charge >= 0.3 is 0 Å². The third-order valence-corrected chi connectivity index (χ3v) is 4.39. The van der Waals surface area contributed by atoms with Crippen LogP contribution in [0.25, 0.3) is 0 Å². The second-order valence-electron chi connectivity index (χ2n) is 3.89. The van der Waals surface area contributed by atoms with Gasteiger partial charge in [0.25, 0.3) is 0 Å². The van der Waals surface area contributed by atoms with Crippen LogP contribution in [0.4, 0.5) is 4.39 Å². The van der Waals surface area contributed by atoms with Gasteiger partial charge in [-0.25, -0.2) is 12.8 Å². The third-order valence-electron chi connectivity index (χ3n) is 2.59. The first-order valence-electron chi connectivity index (χ1n) is 5.48. The van der Waals surface area contributed by atoms with Crippen LogP contribution in [0.3, 0.4) is 0 Å². The number of likely N-dealkylation sites (N-methyl/N-ethyl adjacent to an activating group) is 2. The maximum absolute atomic E-state index is 13.3. The molecule has 0 aliphatic carbocycles. The summed E-state index contributed by atoms with van der Waals surface area (Å²) < 4.78 is 38.5. The van der Waals surface area contributed by atoms with Crippen LogP contribution >= 0.6 is 0 Å².